The molecule has 0 aliphatic heterocycles. The predicted molar refractivity (Wildman–Crippen MR) is 14.4 cm³/mol. The molecule has 0 unspecified atom stereocenters. The highest BCUT2D eigenvalue weighted by Gasteiger charge is 1.68. The molecule has 0 saturated carbocycles. The second kappa shape index (κ2) is 4.19. The summed E-state index contributed by atoms with van der Waals surface area (Å²) in [5.74, 6) is 7.17. The van der Waals surface area contributed by atoms with E-state index in [1.54, 1.807) is 0 Å². The third kappa shape index (κ3) is 4.19. The van der Waals surface area contributed by atoms with Gasteiger partial charge in [0.25, 0.3) is 0 Å². The van der Waals surface area contributed by atoms with Gasteiger partial charge in [0, 0.05) is 12.9 Å². The van der Waals surface area contributed by atoms with Crippen LogP contribution in [0.2, 0.25) is 0 Å². The Morgan fingerprint density at radius 1 is 1.60 bits per heavy atom. The van der Waals surface area contributed by atoms with Crippen LogP contribution in [0, 0.1) is 0 Å². The first kappa shape index (κ1) is 5.19. The summed E-state index contributed by atoms with van der Waals surface area (Å²) < 4.78 is 3.41. The lowest BCUT2D eigenvalue weighted by Gasteiger charge is -1.79. The van der Waals surface area contributed by atoms with E-state index in [1.807, 2.05) is 0 Å². The quantitative estimate of drug-likeness (QED) is 0.221. The van der Waals surface area contributed by atoms with Gasteiger partial charge in [-0.15, -0.1) is 4.33 Å². The van der Waals surface area contributed by atoms with Gasteiger partial charge in [0.15, 0.2) is 0 Å². The van der Waals surface area contributed by atoms with E-state index in [9.17, 15) is 0 Å². The highest BCUT2D eigenvalue weighted by atomic mass is 32.1. The summed E-state index contributed by atoms with van der Waals surface area (Å²) >= 11 is 2.99. The maximum Gasteiger partial charge on any atom is 0.0801 e. The van der Waals surface area contributed by atoms with Crippen LogP contribution in [0.15, 0.2) is 0 Å². The minimum absolute atomic E-state index is 2.89. The molecule has 0 aliphatic rings. The van der Waals surface area contributed by atoms with Gasteiger partial charge in [-0.25, -0.2) is 0 Å². The van der Waals surface area contributed by atoms with E-state index in [0.29, 0.717) is 0 Å². The minimum Gasteiger partial charge on any atom is -0.134 e. The van der Waals surface area contributed by atoms with Crippen molar-refractivity contribution >= 4 is 12.9 Å². The van der Waals surface area contributed by atoms with Crippen LogP contribution in [0.5, 0.6) is 0 Å². The molecule has 0 heterocycles. The zero-order valence-electron chi connectivity index (χ0n) is 2.12. The van der Waals surface area contributed by atoms with E-state index in [2.05, 4.69) is 27.3 Å². The molecule has 2 radical (unpaired) electrons. The van der Waals surface area contributed by atoms with Crippen molar-refractivity contribution in [3.8, 4) is 0 Å². The molecule has 30 valence electrons. The molecule has 0 aromatic rings. The van der Waals surface area contributed by atoms with E-state index >= 15 is 0 Å². The van der Waals surface area contributed by atoms with Crippen LogP contribution >= 0.6 is 12.9 Å². The lowest BCUT2D eigenvalue weighted by molar-refractivity contribution is -0.468. The molecular formula is HNO3S. The maximum absolute atomic E-state index is 7.17. The number of hydrogen-bond donors (Lipinski definition) is 1. The first-order valence-corrected chi connectivity index (χ1v) is 1.06. The van der Waals surface area contributed by atoms with Crippen molar-refractivity contribution in [3.63, 3.8) is 0 Å². The first-order chi connectivity index (χ1) is 2.41. The minimum atomic E-state index is 2.89. The van der Waals surface area contributed by atoms with Gasteiger partial charge >= 0.3 is 0 Å². The smallest absolute Gasteiger partial charge is 0.0801 e. The van der Waals surface area contributed by atoms with Crippen molar-refractivity contribution in [2.75, 3.05) is 0 Å². The van der Waals surface area contributed by atoms with E-state index in [0.717, 1.165) is 0 Å². The van der Waals surface area contributed by atoms with Crippen LogP contribution in [0.4, 0.5) is 0 Å². The summed E-state index contributed by atoms with van der Waals surface area (Å²) in [6.45, 7) is 0. The van der Waals surface area contributed by atoms with Gasteiger partial charge in [0.1, 0.15) is 0 Å². The van der Waals surface area contributed by atoms with Gasteiger partial charge in [-0.3, -0.25) is 0 Å². The second-order valence-corrected chi connectivity index (χ2v) is 0.366. The normalized spacial score (nSPS) is 8.40. The Morgan fingerprint density at radius 3 is 2.20 bits per heavy atom. The Kier molecular flexibility index (Phi) is 4.35. The number of rotatable bonds is 2. The summed E-state index contributed by atoms with van der Waals surface area (Å²) in [6.07, 6.45) is 0. The van der Waals surface area contributed by atoms with Gasteiger partial charge in [0.05, 0.1) is 5.90 Å². The average Bonchev–Trinajstić information content (AvgIpc) is 1.41. The molecule has 0 saturated heterocycles. The molecule has 5 heavy (non-hydrogen) atoms. The number of nitrogens with zero attached hydrogens (tertiary/aromatic N) is 1. The molecule has 0 bridgehead atoms. The number of hydrogen-bond acceptors (Lipinski definition) is 4. The van der Waals surface area contributed by atoms with E-state index in [-0.39, 0.29) is 0 Å². The Bertz CT molecular complexity index is 14.4. The maximum atomic E-state index is 7.17. The second-order valence-electron chi connectivity index (χ2n) is 0.217. The number of thiol groups is 1. The summed E-state index contributed by atoms with van der Waals surface area (Å²) in [6, 6.07) is 0. The Hall–Kier alpha value is 0.190. The fourth-order valence-electron chi connectivity index (χ4n) is 0.0136. The Morgan fingerprint density at radius 2 is 2.20 bits per heavy atom. The zero-order valence-corrected chi connectivity index (χ0v) is 3.01. The topological polar surface area (TPSA) is 50.0 Å². The Balaban J connectivity index is 2.19. The molecule has 0 aromatic heterocycles. The summed E-state index contributed by atoms with van der Waals surface area (Å²) in [5, 5.41) is 3.25. The fraction of sp³-hybridized carbons (Fsp3) is 0. The summed E-state index contributed by atoms with van der Waals surface area (Å²) in [4.78, 5) is 2.89. The molecule has 0 aromatic carbocycles. The van der Waals surface area contributed by atoms with E-state index in [1.165, 1.54) is 0 Å². The molecule has 0 atom stereocenters. The molecule has 5 heteroatoms. The largest absolute Gasteiger partial charge is 0.134 e. The third-order valence-corrected chi connectivity index (χ3v) is 0.122. The van der Waals surface area contributed by atoms with Crippen LogP contribution in [0.3, 0.4) is 0 Å². The van der Waals surface area contributed by atoms with Gasteiger partial charge in [0.2, 0.25) is 0 Å². The zero-order chi connectivity index (χ0) is 4.12. The average molecular weight is 95.1 g/mol. The highest BCUT2D eigenvalue weighted by Crippen LogP contribution is 1.75. The lowest BCUT2D eigenvalue weighted by Crippen LogP contribution is -1.81. The first-order valence-electron chi connectivity index (χ1n) is 0.698. The molecule has 0 N–H and O–H groups in total. The molecular weight excluding hydrogens is 94.1 g/mol. The van der Waals surface area contributed by atoms with Crippen molar-refractivity contribution < 1.29 is 14.4 Å². The van der Waals surface area contributed by atoms with Crippen molar-refractivity contribution in [1.82, 2.24) is 5.90 Å². The molecule has 0 fully saturated rings. The fourth-order valence-corrected chi connectivity index (χ4v) is 0.0408. The summed E-state index contributed by atoms with van der Waals surface area (Å²) in [7, 11) is 0. The van der Waals surface area contributed by atoms with Crippen molar-refractivity contribution in [3.05, 3.63) is 0 Å². The molecule has 0 spiro atoms. The van der Waals surface area contributed by atoms with Crippen molar-refractivity contribution in [2.24, 2.45) is 0 Å². The van der Waals surface area contributed by atoms with E-state index in [4.69, 9.17) is 5.90 Å². The van der Waals surface area contributed by atoms with Crippen LogP contribution in [0.1, 0.15) is 0 Å². The van der Waals surface area contributed by atoms with Crippen LogP contribution < -0.4 is 5.90 Å². The van der Waals surface area contributed by atoms with Gasteiger partial charge < -0.3 is 0 Å². The summed E-state index contributed by atoms with van der Waals surface area (Å²) in [5.41, 5.74) is 0. The van der Waals surface area contributed by atoms with Crippen LogP contribution in [-0.2, 0) is 14.4 Å². The van der Waals surface area contributed by atoms with Crippen LogP contribution in [-0.4, -0.2) is 0 Å². The van der Waals surface area contributed by atoms with Gasteiger partial charge in [-0.1, -0.05) is 4.99 Å². The molecule has 0 rings (SSSR count). The lowest BCUT2D eigenvalue weighted by atomic mass is 13.5. The Labute approximate surface area is 34.2 Å². The van der Waals surface area contributed by atoms with Gasteiger partial charge in [-0.2, -0.15) is 0 Å². The molecule has 0 aliphatic carbocycles. The van der Waals surface area contributed by atoms with E-state index < -0.39 is 0 Å². The molecule has 0 amide bonds. The van der Waals surface area contributed by atoms with Crippen LogP contribution in [0.25, 0.3) is 0 Å². The predicted octanol–water partition coefficient (Wildman–Crippen LogP) is -0.305. The monoisotopic (exact) mass is 95.0 g/mol. The highest BCUT2D eigenvalue weighted by molar-refractivity contribution is 7.74. The van der Waals surface area contributed by atoms with Crippen molar-refractivity contribution in [2.45, 2.75) is 0 Å². The SMILES string of the molecule is [N]OOOS. The third-order valence-electron chi connectivity index (χ3n) is 0.0609. The van der Waals surface area contributed by atoms with Gasteiger partial charge in [-0.05, 0) is 5.04 Å². The molecule has 4 nitrogen and oxygen atoms in total. The standard InChI is InChI=1S/HNO3S/c1-2-3-4-5/h5H. The van der Waals surface area contributed by atoms with Crippen molar-refractivity contribution in [1.29, 1.82) is 0 Å².